The second-order valence-electron chi connectivity index (χ2n) is 4.51. The van der Waals surface area contributed by atoms with Gasteiger partial charge < -0.3 is 9.73 Å². The van der Waals surface area contributed by atoms with E-state index in [-0.39, 0.29) is 5.09 Å². The maximum atomic E-state index is 12.1. The standard InChI is InChI=1S/C11H18N2O3S/c1-9-3-4-11(16-9)17(14,15)13(2)8-10-5-6-12-7-10/h3-4,10,12H,5-8H2,1-2H3. The van der Waals surface area contributed by atoms with E-state index in [1.54, 1.807) is 20.0 Å². The Bertz CT molecular complexity index is 475. The highest BCUT2D eigenvalue weighted by Crippen LogP contribution is 2.19. The van der Waals surface area contributed by atoms with E-state index in [0.717, 1.165) is 19.5 Å². The Morgan fingerprint density at radius 2 is 2.29 bits per heavy atom. The fraction of sp³-hybridized carbons (Fsp3) is 0.636. The Balaban J connectivity index is 2.09. The molecule has 1 aromatic heterocycles. The first-order valence-corrected chi connectivity index (χ1v) is 7.17. The molecule has 1 fully saturated rings. The van der Waals surface area contributed by atoms with Crippen molar-refractivity contribution in [3.63, 3.8) is 0 Å². The van der Waals surface area contributed by atoms with E-state index < -0.39 is 10.0 Å². The van der Waals surface area contributed by atoms with Gasteiger partial charge in [-0.2, -0.15) is 4.31 Å². The van der Waals surface area contributed by atoms with Crippen LogP contribution >= 0.6 is 0 Å². The smallest absolute Gasteiger partial charge is 0.276 e. The highest BCUT2D eigenvalue weighted by Gasteiger charge is 2.27. The molecular weight excluding hydrogens is 240 g/mol. The predicted molar refractivity (Wildman–Crippen MR) is 64.2 cm³/mol. The molecule has 2 heterocycles. The van der Waals surface area contributed by atoms with E-state index in [0.29, 0.717) is 18.2 Å². The fourth-order valence-electron chi connectivity index (χ4n) is 2.04. The summed E-state index contributed by atoms with van der Waals surface area (Å²) < 4.78 is 30.9. The molecule has 96 valence electrons. The van der Waals surface area contributed by atoms with Gasteiger partial charge in [-0.1, -0.05) is 0 Å². The minimum absolute atomic E-state index is 0.0310. The van der Waals surface area contributed by atoms with Crippen LogP contribution in [0.15, 0.2) is 21.6 Å². The summed E-state index contributed by atoms with van der Waals surface area (Å²) in [5.74, 6) is 1.00. The van der Waals surface area contributed by atoms with Crippen LogP contribution in [-0.4, -0.2) is 39.4 Å². The van der Waals surface area contributed by atoms with Crippen LogP contribution in [0, 0.1) is 12.8 Å². The minimum atomic E-state index is -3.47. The number of sulfonamides is 1. The highest BCUT2D eigenvalue weighted by molar-refractivity contribution is 7.89. The molecule has 0 aliphatic carbocycles. The molecule has 1 saturated heterocycles. The van der Waals surface area contributed by atoms with Crippen molar-refractivity contribution in [2.24, 2.45) is 5.92 Å². The van der Waals surface area contributed by atoms with Crippen molar-refractivity contribution in [2.45, 2.75) is 18.4 Å². The van der Waals surface area contributed by atoms with Crippen molar-refractivity contribution < 1.29 is 12.8 Å². The Morgan fingerprint density at radius 1 is 1.53 bits per heavy atom. The Hall–Kier alpha value is -0.850. The molecular formula is C11H18N2O3S. The van der Waals surface area contributed by atoms with Gasteiger partial charge in [0.1, 0.15) is 5.76 Å². The van der Waals surface area contributed by atoms with Gasteiger partial charge >= 0.3 is 0 Å². The van der Waals surface area contributed by atoms with Crippen LogP contribution in [0.1, 0.15) is 12.2 Å². The first-order valence-electron chi connectivity index (χ1n) is 5.73. The molecule has 0 saturated carbocycles. The molecule has 1 N–H and O–H groups in total. The summed E-state index contributed by atoms with van der Waals surface area (Å²) in [5.41, 5.74) is 0. The number of nitrogens with one attached hydrogen (secondary N) is 1. The zero-order valence-electron chi connectivity index (χ0n) is 10.1. The van der Waals surface area contributed by atoms with Crippen LogP contribution in [-0.2, 0) is 10.0 Å². The molecule has 0 amide bonds. The zero-order chi connectivity index (χ0) is 12.5. The lowest BCUT2D eigenvalue weighted by Gasteiger charge is -2.18. The SMILES string of the molecule is Cc1ccc(S(=O)(=O)N(C)CC2CCNC2)o1. The Labute approximate surface area is 102 Å². The third kappa shape index (κ3) is 2.70. The molecule has 1 aromatic rings. The minimum Gasteiger partial charge on any atom is -0.449 e. The number of rotatable bonds is 4. The molecule has 0 radical (unpaired) electrons. The lowest BCUT2D eigenvalue weighted by atomic mass is 10.1. The van der Waals surface area contributed by atoms with Gasteiger partial charge in [-0.05, 0) is 44.5 Å². The zero-order valence-corrected chi connectivity index (χ0v) is 11.0. The van der Waals surface area contributed by atoms with Crippen LogP contribution in [0.2, 0.25) is 0 Å². The average molecular weight is 258 g/mol. The molecule has 2 rings (SSSR count). The van der Waals surface area contributed by atoms with E-state index >= 15 is 0 Å². The van der Waals surface area contributed by atoms with Gasteiger partial charge in [0.25, 0.3) is 10.0 Å². The van der Waals surface area contributed by atoms with Gasteiger partial charge in [0, 0.05) is 13.6 Å². The summed E-state index contributed by atoms with van der Waals surface area (Å²) in [7, 11) is -1.86. The van der Waals surface area contributed by atoms with Gasteiger partial charge in [0.2, 0.25) is 5.09 Å². The highest BCUT2D eigenvalue weighted by atomic mass is 32.2. The summed E-state index contributed by atoms with van der Waals surface area (Å²) in [5, 5.41) is 3.26. The summed E-state index contributed by atoms with van der Waals surface area (Å²) in [6.07, 6.45) is 1.02. The molecule has 1 atom stereocenters. The Morgan fingerprint density at radius 3 is 2.82 bits per heavy atom. The van der Waals surface area contributed by atoms with Gasteiger partial charge in [-0.25, -0.2) is 8.42 Å². The third-order valence-corrected chi connectivity index (χ3v) is 4.76. The summed E-state index contributed by atoms with van der Waals surface area (Å²) in [6.45, 7) is 4.13. The maximum Gasteiger partial charge on any atom is 0.276 e. The van der Waals surface area contributed by atoms with E-state index in [4.69, 9.17) is 4.42 Å². The number of furan rings is 1. The summed E-state index contributed by atoms with van der Waals surface area (Å²) in [4.78, 5) is 0. The molecule has 1 aliphatic heterocycles. The molecule has 0 bridgehead atoms. The second-order valence-corrected chi connectivity index (χ2v) is 6.49. The fourth-order valence-corrected chi connectivity index (χ4v) is 3.23. The van der Waals surface area contributed by atoms with Gasteiger partial charge in [-0.3, -0.25) is 0 Å². The first-order chi connectivity index (χ1) is 8.00. The summed E-state index contributed by atoms with van der Waals surface area (Å²) >= 11 is 0. The molecule has 0 spiro atoms. The van der Waals surface area contributed by atoms with Crippen LogP contribution in [0.4, 0.5) is 0 Å². The van der Waals surface area contributed by atoms with Gasteiger partial charge in [-0.15, -0.1) is 0 Å². The first kappa shape index (κ1) is 12.6. The van der Waals surface area contributed by atoms with Crippen molar-refractivity contribution in [3.05, 3.63) is 17.9 Å². The van der Waals surface area contributed by atoms with Crippen LogP contribution in [0.5, 0.6) is 0 Å². The van der Waals surface area contributed by atoms with Crippen molar-refractivity contribution in [1.82, 2.24) is 9.62 Å². The lowest BCUT2D eigenvalue weighted by molar-refractivity contribution is 0.369. The number of aryl methyl sites for hydroxylation is 1. The molecule has 5 nitrogen and oxygen atoms in total. The van der Waals surface area contributed by atoms with Gasteiger partial charge in [0.05, 0.1) is 0 Å². The average Bonchev–Trinajstić information content (AvgIpc) is 2.89. The third-order valence-electron chi connectivity index (χ3n) is 3.06. The number of nitrogens with zero attached hydrogens (tertiary/aromatic N) is 1. The van der Waals surface area contributed by atoms with Gasteiger partial charge in [0.15, 0.2) is 0 Å². The number of hydrogen-bond donors (Lipinski definition) is 1. The normalized spacial score (nSPS) is 21.2. The molecule has 1 unspecified atom stereocenters. The van der Waals surface area contributed by atoms with Crippen molar-refractivity contribution in [1.29, 1.82) is 0 Å². The molecule has 0 aromatic carbocycles. The maximum absolute atomic E-state index is 12.1. The summed E-state index contributed by atoms with van der Waals surface area (Å²) in [6, 6.07) is 3.17. The monoisotopic (exact) mass is 258 g/mol. The molecule has 6 heteroatoms. The van der Waals surface area contributed by atoms with Crippen LogP contribution < -0.4 is 5.32 Å². The van der Waals surface area contributed by atoms with E-state index in [1.165, 1.54) is 10.4 Å². The van der Waals surface area contributed by atoms with Crippen molar-refractivity contribution in [2.75, 3.05) is 26.7 Å². The van der Waals surface area contributed by atoms with E-state index in [2.05, 4.69) is 5.32 Å². The predicted octanol–water partition coefficient (Wildman–Crippen LogP) is 0.818. The quantitative estimate of drug-likeness (QED) is 0.868. The number of hydrogen-bond acceptors (Lipinski definition) is 4. The van der Waals surface area contributed by atoms with Crippen LogP contribution in [0.25, 0.3) is 0 Å². The second kappa shape index (κ2) is 4.80. The van der Waals surface area contributed by atoms with E-state index in [1.807, 2.05) is 0 Å². The van der Waals surface area contributed by atoms with Crippen LogP contribution in [0.3, 0.4) is 0 Å². The topological polar surface area (TPSA) is 62.6 Å². The van der Waals surface area contributed by atoms with E-state index in [9.17, 15) is 8.42 Å². The Kier molecular flexibility index (Phi) is 3.56. The largest absolute Gasteiger partial charge is 0.449 e. The van der Waals surface area contributed by atoms with Crippen molar-refractivity contribution >= 4 is 10.0 Å². The lowest BCUT2D eigenvalue weighted by Crippen LogP contribution is -2.32. The molecule has 17 heavy (non-hydrogen) atoms. The molecule has 1 aliphatic rings. The van der Waals surface area contributed by atoms with Crippen molar-refractivity contribution in [3.8, 4) is 0 Å².